The van der Waals surface area contributed by atoms with Gasteiger partial charge < -0.3 is 4.90 Å². The van der Waals surface area contributed by atoms with Crippen LogP contribution in [0.1, 0.15) is 18.5 Å². The number of aromatic nitrogens is 1. The van der Waals surface area contributed by atoms with Crippen LogP contribution in [-0.2, 0) is 9.84 Å². The van der Waals surface area contributed by atoms with E-state index in [0.29, 0.717) is 12.8 Å². The van der Waals surface area contributed by atoms with Gasteiger partial charge in [-0.1, -0.05) is 6.07 Å². The molecule has 0 bridgehead atoms. The van der Waals surface area contributed by atoms with Crippen molar-refractivity contribution in [1.82, 2.24) is 4.98 Å². The zero-order valence-corrected chi connectivity index (χ0v) is 11.1. The van der Waals surface area contributed by atoms with Gasteiger partial charge in [-0.3, -0.25) is 0 Å². The van der Waals surface area contributed by atoms with Crippen molar-refractivity contribution in [2.24, 2.45) is 0 Å². The molecule has 0 saturated carbocycles. The maximum atomic E-state index is 11.4. The highest BCUT2D eigenvalue weighted by molar-refractivity contribution is 7.91. The molecule has 0 aromatic carbocycles. The van der Waals surface area contributed by atoms with Gasteiger partial charge in [0.1, 0.15) is 15.7 Å². The van der Waals surface area contributed by atoms with Crippen molar-refractivity contribution in [1.29, 1.82) is 0 Å². The molecule has 4 nitrogen and oxygen atoms in total. The third-order valence-electron chi connectivity index (χ3n) is 3.25. The van der Waals surface area contributed by atoms with E-state index in [1.165, 1.54) is 6.26 Å². The zero-order chi connectivity index (χ0) is 12.5. The summed E-state index contributed by atoms with van der Waals surface area (Å²) in [7, 11) is -2.89. The van der Waals surface area contributed by atoms with Crippen LogP contribution in [0.25, 0.3) is 0 Å². The molecule has 0 atom stereocenters. The second kappa shape index (κ2) is 4.64. The number of pyridine rings is 1. The van der Waals surface area contributed by atoms with Crippen LogP contribution in [0.5, 0.6) is 0 Å². The highest BCUT2D eigenvalue weighted by atomic mass is 32.2. The van der Waals surface area contributed by atoms with Gasteiger partial charge in [-0.2, -0.15) is 0 Å². The van der Waals surface area contributed by atoms with E-state index < -0.39 is 9.84 Å². The number of sulfone groups is 1. The van der Waals surface area contributed by atoms with Gasteiger partial charge in [0.15, 0.2) is 0 Å². The van der Waals surface area contributed by atoms with E-state index in [-0.39, 0.29) is 5.25 Å². The van der Waals surface area contributed by atoms with Crippen LogP contribution in [-0.4, -0.2) is 38.0 Å². The highest BCUT2D eigenvalue weighted by Crippen LogP contribution is 2.21. The Hall–Kier alpha value is -1.10. The summed E-state index contributed by atoms with van der Waals surface area (Å²) in [5, 5.41) is -0.177. The zero-order valence-electron chi connectivity index (χ0n) is 10.3. The summed E-state index contributed by atoms with van der Waals surface area (Å²) in [6, 6.07) is 5.93. The van der Waals surface area contributed by atoms with Crippen molar-refractivity contribution in [2.75, 3.05) is 24.2 Å². The number of hydrogen-bond acceptors (Lipinski definition) is 4. The second-order valence-electron chi connectivity index (χ2n) is 4.65. The summed E-state index contributed by atoms with van der Waals surface area (Å²) in [5.41, 5.74) is 0.993. The average Bonchev–Trinajstić information content (AvgIpc) is 2.28. The minimum Gasteiger partial charge on any atom is -0.357 e. The lowest BCUT2D eigenvalue weighted by atomic mass is 10.1. The summed E-state index contributed by atoms with van der Waals surface area (Å²) in [6.45, 7) is 3.51. The van der Waals surface area contributed by atoms with Crippen LogP contribution in [0.4, 0.5) is 5.82 Å². The first-order valence-electron chi connectivity index (χ1n) is 5.84. The topological polar surface area (TPSA) is 50.3 Å². The molecule has 0 unspecified atom stereocenters. The lowest BCUT2D eigenvalue weighted by Crippen LogP contribution is -2.39. The molecule has 2 heterocycles. The second-order valence-corrected chi connectivity index (χ2v) is 6.98. The monoisotopic (exact) mass is 254 g/mol. The van der Waals surface area contributed by atoms with Crippen LogP contribution in [0.15, 0.2) is 18.2 Å². The Labute approximate surface area is 103 Å². The van der Waals surface area contributed by atoms with Gasteiger partial charge in [-0.05, 0) is 31.9 Å². The molecule has 0 radical (unpaired) electrons. The highest BCUT2D eigenvalue weighted by Gasteiger charge is 2.26. The van der Waals surface area contributed by atoms with Crippen molar-refractivity contribution in [3.63, 3.8) is 0 Å². The third kappa shape index (κ3) is 2.97. The van der Waals surface area contributed by atoms with Crippen LogP contribution in [0.2, 0.25) is 0 Å². The van der Waals surface area contributed by atoms with E-state index in [0.717, 1.165) is 24.6 Å². The number of anilines is 1. The van der Waals surface area contributed by atoms with Gasteiger partial charge >= 0.3 is 0 Å². The Morgan fingerprint density at radius 2 is 1.94 bits per heavy atom. The van der Waals surface area contributed by atoms with Gasteiger partial charge in [0, 0.05) is 25.0 Å². The van der Waals surface area contributed by atoms with E-state index in [1.807, 2.05) is 25.1 Å². The molecule has 1 aliphatic rings. The molecule has 0 aliphatic carbocycles. The molecule has 0 amide bonds. The maximum Gasteiger partial charge on any atom is 0.150 e. The fourth-order valence-corrected chi connectivity index (χ4v) is 3.28. The van der Waals surface area contributed by atoms with E-state index >= 15 is 0 Å². The summed E-state index contributed by atoms with van der Waals surface area (Å²) in [5.74, 6) is 0.956. The van der Waals surface area contributed by atoms with Gasteiger partial charge in [0.05, 0.1) is 5.25 Å². The molecule has 0 N–H and O–H groups in total. The van der Waals surface area contributed by atoms with Crippen molar-refractivity contribution in [3.05, 3.63) is 23.9 Å². The molecule has 1 saturated heterocycles. The van der Waals surface area contributed by atoms with Crippen molar-refractivity contribution in [2.45, 2.75) is 25.0 Å². The Morgan fingerprint density at radius 3 is 2.47 bits per heavy atom. The summed E-state index contributed by atoms with van der Waals surface area (Å²) >= 11 is 0. The molecule has 1 aliphatic heterocycles. The number of rotatable bonds is 2. The molecule has 5 heteroatoms. The minimum atomic E-state index is -2.89. The largest absolute Gasteiger partial charge is 0.357 e. The molecule has 0 spiro atoms. The predicted octanol–water partition coefficient (Wildman–Crippen LogP) is 1.40. The molecule has 1 aromatic rings. The molecular formula is C12H18N2O2S. The lowest BCUT2D eigenvalue weighted by Gasteiger charge is -2.32. The number of aryl methyl sites for hydroxylation is 1. The van der Waals surface area contributed by atoms with Gasteiger partial charge in [-0.15, -0.1) is 0 Å². The molecule has 2 rings (SSSR count). The maximum absolute atomic E-state index is 11.4. The normalized spacial score (nSPS) is 18.4. The van der Waals surface area contributed by atoms with Gasteiger partial charge in [-0.25, -0.2) is 13.4 Å². The Balaban J connectivity index is 2.05. The molecular weight excluding hydrogens is 236 g/mol. The van der Waals surface area contributed by atoms with Gasteiger partial charge in [0.2, 0.25) is 0 Å². The molecule has 1 fully saturated rings. The Morgan fingerprint density at radius 1 is 1.29 bits per heavy atom. The van der Waals surface area contributed by atoms with E-state index in [2.05, 4.69) is 9.88 Å². The van der Waals surface area contributed by atoms with Crippen LogP contribution in [0, 0.1) is 6.92 Å². The third-order valence-corrected chi connectivity index (χ3v) is 4.93. The van der Waals surface area contributed by atoms with E-state index in [1.54, 1.807) is 0 Å². The average molecular weight is 254 g/mol. The fraction of sp³-hybridized carbons (Fsp3) is 0.583. The number of piperidine rings is 1. The van der Waals surface area contributed by atoms with Crippen molar-refractivity contribution < 1.29 is 8.42 Å². The Bertz CT molecular complexity index is 491. The number of hydrogen-bond donors (Lipinski definition) is 0. The Kier molecular flexibility index (Phi) is 3.38. The molecule has 94 valence electrons. The first-order valence-corrected chi connectivity index (χ1v) is 7.80. The van der Waals surface area contributed by atoms with Crippen LogP contribution < -0.4 is 4.90 Å². The SMILES string of the molecule is Cc1cccc(N2CCC(S(C)(=O)=O)CC2)n1. The first kappa shape index (κ1) is 12.4. The lowest BCUT2D eigenvalue weighted by molar-refractivity contribution is 0.532. The molecule has 17 heavy (non-hydrogen) atoms. The summed E-state index contributed by atoms with van der Waals surface area (Å²) < 4.78 is 22.9. The first-order chi connectivity index (χ1) is 7.97. The van der Waals surface area contributed by atoms with Crippen LogP contribution >= 0.6 is 0 Å². The quantitative estimate of drug-likeness (QED) is 0.800. The molecule has 1 aromatic heterocycles. The summed E-state index contributed by atoms with van der Waals surface area (Å²) in [6.07, 6.45) is 2.74. The van der Waals surface area contributed by atoms with Crippen LogP contribution in [0.3, 0.4) is 0 Å². The van der Waals surface area contributed by atoms with E-state index in [9.17, 15) is 8.42 Å². The summed E-state index contributed by atoms with van der Waals surface area (Å²) in [4.78, 5) is 6.62. The fourth-order valence-electron chi connectivity index (χ4n) is 2.22. The standard InChI is InChI=1S/C12H18N2O2S/c1-10-4-3-5-12(13-10)14-8-6-11(7-9-14)17(2,15)16/h3-5,11H,6-9H2,1-2H3. The van der Waals surface area contributed by atoms with E-state index in [4.69, 9.17) is 0 Å². The predicted molar refractivity (Wildman–Crippen MR) is 69.1 cm³/mol. The smallest absolute Gasteiger partial charge is 0.150 e. The van der Waals surface area contributed by atoms with Gasteiger partial charge in [0.25, 0.3) is 0 Å². The number of nitrogens with zero attached hydrogens (tertiary/aromatic N) is 2. The van der Waals surface area contributed by atoms with Crippen molar-refractivity contribution in [3.8, 4) is 0 Å². The van der Waals surface area contributed by atoms with Crippen molar-refractivity contribution >= 4 is 15.7 Å². The minimum absolute atomic E-state index is 0.177.